The van der Waals surface area contributed by atoms with E-state index in [9.17, 15) is 4.79 Å². The van der Waals surface area contributed by atoms with Gasteiger partial charge in [0.25, 0.3) is 0 Å². The van der Waals surface area contributed by atoms with Gasteiger partial charge in [0.1, 0.15) is 0 Å². The van der Waals surface area contributed by atoms with E-state index >= 15 is 0 Å². The lowest BCUT2D eigenvalue weighted by atomic mass is 10.1. The largest absolute Gasteiger partial charge is 0.293 e. The third kappa shape index (κ3) is 3.33. The third-order valence-corrected chi connectivity index (χ3v) is 5.03. The average molecular weight is 338 g/mol. The van der Waals surface area contributed by atoms with Crippen LogP contribution >= 0.6 is 43.2 Å². The first-order chi connectivity index (χ1) is 6.65. The van der Waals surface area contributed by atoms with Crippen LogP contribution < -0.4 is 0 Å². The van der Waals surface area contributed by atoms with Crippen molar-refractivity contribution in [2.75, 3.05) is 0 Å². The molecule has 0 aromatic carbocycles. The second-order valence-corrected chi connectivity index (χ2v) is 6.06. The number of Topliss-reactive ketones (excluding diaryl/α,β-unsaturated/α-hetero) is 1. The molecular weight excluding hydrogens is 328 g/mol. The van der Waals surface area contributed by atoms with Gasteiger partial charge in [-0.05, 0) is 50.8 Å². The number of hydrogen-bond acceptors (Lipinski definition) is 2. The SMILES string of the molecule is C=CCCCC(=O)c1cc(Br)c(Br)s1. The molecule has 0 aliphatic heterocycles. The van der Waals surface area contributed by atoms with Crippen LogP contribution in [-0.2, 0) is 0 Å². The Labute approximate surface area is 104 Å². The summed E-state index contributed by atoms with van der Waals surface area (Å²) >= 11 is 8.21. The molecule has 0 aliphatic carbocycles. The highest BCUT2D eigenvalue weighted by Gasteiger charge is 2.10. The minimum absolute atomic E-state index is 0.211. The quantitative estimate of drug-likeness (QED) is 0.428. The first kappa shape index (κ1) is 12.1. The number of rotatable bonds is 5. The molecule has 76 valence electrons. The fourth-order valence-corrected chi connectivity index (χ4v) is 3.02. The number of unbranched alkanes of at least 4 members (excludes halogenated alkanes) is 1. The number of carbonyl (C=O) groups is 1. The van der Waals surface area contributed by atoms with Crippen LogP contribution in [0.2, 0.25) is 0 Å². The van der Waals surface area contributed by atoms with E-state index in [1.807, 2.05) is 12.1 Å². The first-order valence-corrected chi connectivity index (χ1v) is 6.64. The van der Waals surface area contributed by atoms with Gasteiger partial charge in [0.2, 0.25) is 0 Å². The van der Waals surface area contributed by atoms with Gasteiger partial charge in [-0.1, -0.05) is 6.08 Å². The number of halogens is 2. The van der Waals surface area contributed by atoms with E-state index < -0.39 is 0 Å². The molecule has 0 atom stereocenters. The lowest BCUT2D eigenvalue weighted by Gasteiger charge is -1.94. The van der Waals surface area contributed by atoms with Gasteiger partial charge in [0.15, 0.2) is 5.78 Å². The Kier molecular flexibility index (Phi) is 5.06. The van der Waals surface area contributed by atoms with Gasteiger partial charge in [0, 0.05) is 10.9 Å². The van der Waals surface area contributed by atoms with Crippen molar-refractivity contribution >= 4 is 49.0 Å². The number of hydrogen-bond donors (Lipinski definition) is 0. The maximum absolute atomic E-state index is 11.6. The summed E-state index contributed by atoms with van der Waals surface area (Å²) < 4.78 is 1.93. The topological polar surface area (TPSA) is 17.1 Å². The summed E-state index contributed by atoms with van der Waals surface area (Å²) in [4.78, 5) is 12.4. The highest BCUT2D eigenvalue weighted by atomic mass is 79.9. The number of allylic oxidation sites excluding steroid dienone is 1. The lowest BCUT2D eigenvalue weighted by Crippen LogP contribution is -1.94. The van der Waals surface area contributed by atoms with Crippen molar-refractivity contribution < 1.29 is 4.79 Å². The van der Waals surface area contributed by atoms with Crippen LogP contribution in [0.5, 0.6) is 0 Å². The third-order valence-electron chi connectivity index (χ3n) is 1.73. The predicted molar refractivity (Wildman–Crippen MR) is 68.1 cm³/mol. The van der Waals surface area contributed by atoms with E-state index in [-0.39, 0.29) is 5.78 Å². The highest BCUT2D eigenvalue weighted by Crippen LogP contribution is 2.33. The Bertz CT molecular complexity index is 324. The number of carbonyl (C=O) groups excluding carboxylic acids is 1. The van der Waals surface area contributed by atoms with Crippen LogP contribution in [0.25, 0.3) is 0 Å². The molecule has 0 N–H and O–H groups in total. The van der Waals surface area contributed by atoms with Crippen LogP contribution in [0.15, 0.2) is 27.0 Å². The maximum Gasteiger partial charge on any atom is 0.172 e. The molecule has 0 amide bonds. The highest BCUT2D eigenvalue weighted by molar-refractivity contribution is 9.13. The fraction of sp³-hybridized carbons (Fsp3) is 0.300. The fourth-order valence-electron chi connectivity index (χ4n) is 1.01. The summed E-state index contributed by atoms with van der Waals surface area (Å²) in [5.74, 6) is 0.211. The molecule has 0 aliphatic rings. The molecule has 0 fully saturated rings. The molecule has 4 heteroatoms. The second-order valence-electron chi connectivity index (χ2n) is 2.84. The number of thiophene rings is 1. The Morgan fingerprint density at radius 1 is 1.57 bits per heavy atom. The molecule has 1 aromatic rings. The zero-order valence-corrected chi connectivity index (χ0v) is 11.5. The zero-order chi connectivity index (χ0) is 10.6. The summed E-state index contributed by atoms with van der Waals surface area (Å²) in [5, 5.41) is 0. The van der Waals surface area contributed by atoms with Crippen LogP contribution in [0.3, 0.4) is 0 Å². The molecule has 1 heterocycles. The molecular formula is C10H10Br2OS. The summed E-state index contributed by atoms with van der Waals surface area (Å²) in [6.45, 7) is 3.62. The summed E-state index contributed by atoms with van der Waals surface area (Å²) in [6, 6.07) is 1.87. The van der Waals surface area contributed by atoms with Gasteiger partial charge in [-0.15, -0.1) is 17.9 Å². The zero-order valence-electron chi connectivity index (χ0n) is 7.56. The van der Waals surface area contributed by atoms with Crippen molar-refractivity contribution in [3.63, 3.8) is 0 Å². The molecule has 0 radical (unpaired) electrons. The monoisotopic (exact) mass is 336 g/mol. The van der Waals surface area contributed by atoms with Crippen molar-refractivity contribution in [2.45, 2.75) is 19.3 Å². The van der Waals surface area contributed by atoms with Gasteiger partial charge >= 0.3 is 0 Å². The normalized spacial score (nSPS) is 10.1. The molecule has 0 bridgehead atoms. The van der Waals surface area contributed by atoms with Crippen LogP contribution in [-0.4, -0.2) is 5.78 Å². The second kappa shape index (κ2) is 5.83. The van der Waals surface area contributed by atoms with E-state index in [1.165, 1.54) is 11.3 Å². The Hall–Kier alpha value is 0.0700. The Morgan fingerprint density at radius 2 is 2.29 bits per heavy atom. The smallest absolute Gasteiger partial charge is 0.172 e. The molecule has 1 aromatic heterocycles. The van der Waals surface area contributed by atoms with Crippen molar-refractivity contribution in [3.8, 4) is 0 Å². The Balaban J connectivity index is 2.56. The minimum Gasteiger partial charge on any atom is -0.293 e. The van der Waals surface area contributed by atoms with E-state index in [0.717, 1.165) is 26.0 Å². The van der Waals surface area contributed by atoms with Gasteiger partial charge < -0.3 is 0 Å². The molecule has 0 unspecified atom stereocenters. The lowest BCUT2D eigenvalue weighted by molar-refractivity contribution is 0.0984. The van der Waals surface area contributed by atoms with Crippen LogP contribution in [0.4, 0.5) is 0 Å². The van der Waals surface area contributed by atoms with Gasteiger partial charge in [-0.25, -0.2) is 0 Å². The van der Waals surface area contributed by atoms with E-state index in [4.69, 9.17) is 0 Å². The Morgan fingerprint density at radius 3 is 2.79 bits per heavy atom. The minimum atomic E-state index is 0.211. The molecule has 1 nitrogen and oxygen atoms in total. The summed E-state index contributed by atoms with van der Waals surface area (Å²) in [6.07, 6.45) is 4.23. The van der Waals surface area contributed by atoms with Crippen molar-refractivity contribution in [1.29, 1.82) is 0 Å². The first-order valence-electron chi connectivity index (χ1n) is 4.24. The standard InChI is InChI=1S/C10H10Br2OS/c1-2-3-4-5-8(13)9-6-7(11)10(12)14-9/h2,6H,1,3-5H2. The molecule has 0 saturated carbocycles. The van der Waals surface area contributed by atoms with Gasteiger partial charge in [-0.2, -0.15) is 0 Å². The van der Waals surface area contributed by atoms with Crippen molar-refractivity contribution in [2.24, 2.45) is 0 Å². The molecule has 1 rings (SSSR count). The van der Waals surface area contributed by atoms with Crippen molar-refractivity contribution in [3.05, 3.63) is 31.9 Å². The predicted octanol–water partition coefficient (Wildman–Crippen LogP) is 4.81. The average Bonchev–Trinajstić information content (AvgIpc) is 2.47. The van der Waals surface area contributed by atoms with Crippen molar-refractivity contribution in [1.82, 2.24) is 0 Å². The molecule has 14 heavy (non-hydrogen) atoms. The van der Waals surface area contributed by atoms with E-state index in [2.05, 4.69) is 38.4 Å². The number of ketones is 1. The van der Waals surface area contributed by atoms with E-state index in [1.54, 1.807) is 0 Å². The molecule has 0 saturated heterocycles. The van der Waals surface area contributed by atoms with Gasteiger partial charge in [-0.3, -0.25) is 4.79 Å². The van der Waals surface area contributed by atoms with E-state index in [0.29, 0.717) is 6.42 Å². The molecule has 0 spiro atoms. The maximum atomic E-state index is 11.6. The summed E-state index contributed by atoms with van der Waals surface area (Å²) in [5.41, 5.74) is 0. The summed E-state index contributed by atoms with van der Waals surface area (Å²) in [7, 11) is 0. The van der Waals surface area contributed by atoms with Gasteiger partial charge in [0.05, 0.1) is 8.66 Å². The van der Waals surface area contributed by atoms with Crippen LogP contribution in [0.1, 0.15) is 28.9 Å². The van der Waals surface area contributed by atoms with Crippen LogP contribution in [0, 0.1) is 0 Å².